The summed E-state index contributed by atoms with van der Waals surface area (Å²) in [5.41, 5.74) is 3.22. The first kappa shape index (κ1) is 15.7. The molecule has 7 heteroatoms. The molecule has 6 nitrogen and oxygen atoms in total. The van der Waals surface area contributed by atoms with Crippen molar-refractivity contribution in [3.05, 3.63) is 76.5 Å². The second kappa shape index (κ2) is 5.93. The van der Waals surface area contributed by atoms with Crippen molar-refractivity contribution in [3.8, 4) is 5.69 Å². The molecule has 0 radical (unpaired) electrons. The molecule has 0 fully saturated rings. The van der Waals surface area contributed by atoms with Crippen LogP contribution in [0.3, 0.4) is 0 Å². The lowest BCUT2D eigenvalue weighted by atomic mass is 10.1. The number of fused-ring (bicyclic) bond motifs is 1. The number of aromatic nitrogens is 2. The molecule has 3 aromatic rings. The van der Waals surface area contributed by atoms with Crippen LogP contribution in [-0.4, -0.2) is 18.0 Å². The second-order valence-electron chi connectivity index (χ2n) is 6.07. The summed E-state index contributed by atoms with van der Waals surface area (Å²) in [5, 5.41) is 0. The van der Waals surface area contributed by atoms with Gasteiger partial charge in [-0.3, -0.25) is 9.29 Å². The number of H-pyrrole nitrogens is 1. The first-order valence-corrected chi connectivity index (χ1v) is 9.52. The minimum absolute atomic E-state index is 0.244. The molecule has 0 spiro atoms. The summed E-state index contributed by atoms with van der Waals surface area (Å²) in [4.78, 5) is 14.4. The van der Waals surface area contributed by atoms with Crippen LogP contribution in [0.4, 0.5) is 5.69 Å². The maximum Gasteiger partial charge on any atom is 0.330 e. The van der Waals surface area contributed by atoms with E-state index in [1.165, 1.54) is 10.1 Å². The van der Waals surface area contributed by atoms with Gasteiger partial charge in [0.05, 0.1) is 10.6 Å². The molecule has 2 N–H and O–H groups in total. The van der Waals surface area contributed by atoms with Gasteiger partial charge in [-0.25, -0.2) is 13.2 Å². The van der Waals surface area contributed by atoms with Crippen molar-refractivity contribution in [1.29, 1.82) is 0 Å². The van der Waals surface area contributed by atoms with Crippen LogP contribution >= 0.6 is 0 Å². The maximum absolute atomic E-state index is 12.6. The lowest BCUT2D eigenvalue weighted by Crippen LogP contribution is -2.15. The van der Waals surface area contributed by atoms with Gasteiger partial charge in [-0.05, 0) is 66.8 Å². The third-order valence-electron chi connectivity index (χ3n) is 4.43. The third kappa shape index (κ3) is 2.98. The second-order valence-corrected chi connectivity index (χ2v) is 7.75. The summed E-state index contributed by atoms with van der Waals surface area (Å²) in [5.74, 6) is 0. The zero-order valence-corrected chi connectivity index (χ0v) is 14.2. The number of hydrogen-bond acceptors (Lipinski definition) is 3. The van der Waals surface area contributed by atoms with Crippen molar-refractivity contribution in [2.45, 2.75) is 24.2 Å². The zero-order chi connectivity index (χ0) is 17.4. The fourth-order valence-corrected chi connectivity index (χ4v) is 4.25. The quantitative estimate of drug-likeness (QED) is 0.754. The van der Waals surface area contributed by atoms with Crippen LogP contribution in [0, 0.1) is 0 Å². The van der Waals surface area contributed by atoms with Crippen molar-refractivity contribution < 1.29 is 8.42 Å². The van der Waals surface area contributed by atoms with E-state index in [0.29, 0.717) is 11.4 Å². The van der Waals surface area contributed by atoms with Crippen LogP contribution in [0.15, 0.2) is 64.5 Å². The predicted molar refractivity (Wildman–Crippen MR) is 95.7 cm³/mol. The van der Waals surface area contributed by atoms with E-state index in [1.807, 2.05) is 6.07 Å². The number of aryl methyl sites for hydroxylation is 2. The van der Waals surface area contributed by atoms with E-state index in [0.717, 1.165) is 24.8 Å². The summed E-state index contributed by atoms with van der Waals surface area (Å²) < 4.78 is 29.2. The van der Waals surface area contributed by atoms with Crippen LogP contribution in [0.2, 0.25) is 0 Å². The third-order valence-corrected chi connectivity index (χ3v) is 5.81. The van der Waals surface area contributed by atoms with Crippen LogP contribution < -0.4 is 10.4 Å². The Morgan fingerprint density at radius 1 is 1.00 bits per heavy atom. The van der Waals surface area contributed by atoms with E-state index < -0.39 is 10.0 Å². The molecule has 1 aromatic heterocycles. The number of nitrogens with one attached hydrogen (secondary N) is 2. The van der Waals surface area contributed by atoms with Crippen LogP contribution in [-0.2, 0) is 22.9 Å². The maximum atomic E-state index is 12.6. The highest BCUT2D eigenvalue weighted by atomic mass is 32.2. The molecule has 4 rings (SSSR count). The molecule has 2 aromatic carbocycles. The van der Waals surface area contributed by atoms with Gasteiger partial charge in [-0.2, -0.15) is 0 Å². The first-order chi connectivity index (χ1) is 12.0. The Kier molecular flexibility index (Phi) is 3.73. The molecule has 0 saturated heterocycles. The van der Waals surface area contributed by atoms with Crippen molar-refractivity contribution in [3.63, 3.8) is 0 Å². The number of benzene rings is 2. The van der Waals surface area contributed by atoms with Crippen LogP contribution in [0.1, 0.15) is 17.5 Å². The Labute approximate surface area is 145 Å². The number of hydrogen-bond donors (Lipinski definition) is 2. The molecule has 0 unspecified atom stereocenters. The molecule has 1 aliphatic carbocycles. The molecule has 0 bridgehead atoms. The summed E-state index contributed by atoms with van der Waals surface area (Å²) in [7, 11) is -3.63. The molecule has 0 saturated carbocycles. The van der Waals surface area contributed by atoms with E-state index in [2.05, 4.69) is 9.71 Å². The van der Waals surface area contributed by atoms with E-state index in [-0.39, 0.29) is 10.6 Å². The van der Waals surface area contributed by atoms with Gasteiger partial charge in [0.15, 0.2) is 0 Å². The van der Waals surface area contributed by atoms with Crippen LogP contribution in [0.25, 0.3) is 5.69 Å². The Balaban J connectivity index is 1.59. The van der Waals surface area contributed by atoms with E-state index >= 15 is 0 Å². The van der Waals surface area contributed by atoms with E-state index in [4.69, 9.17) is 0 Å². The number of aromatic amines is 1. The average molecular weight is 355 g/mol. The van der Waals surface area contributed by atoms with Gasteiger partial charge >= 0.3 is 5.69 Å². The predicted octanol–water partition coefficient (Wildman–Crippen LogP) is 2.46. The van der Waals surface area contributed by atoms with Gasteiger partial charge in [0.2, 0.25) is 0 Å². The van der Waals surface area contributed by atoms with Crippen molar-refractivity contribution in [1.82, 2.24) is 9.55 Å². The average Bonchev–Trinajstić information content (AvgIpc) is 3.23. The summed E-state index contributed by atoms with van der Waals surface area (Å²) >= 11 is 0. The summed E-state index contributed by atoms with van der Waals surface area (Å²) in [6, 6.07) is 12.0. The van der Waals surface area contributed by atoms with Crippen LogP contribution in [0.5, 0.6) is 0 Å². The number of imidazole rings is 1. The number of anilines is 1. The minimum atomic E-state index is -3.63. The number of sulfonamides is 1. The molecular formula is C18H17N3O3S. The van der Waals surface area contributed by atoms with E-state index in [1.54, 1.807) is 48.8 Å². The van der Waals surface area contributed by atoms with Gasteiger partial charge in [0.25, 0.3) is 10.0 Å². The minimum Gasteiger partial charge on any atom is -0.312 e. The highest BCUT2D eigenvalue weighted by Gasteiger charge is 2.18. The summed E-state index contributed by atoms with van der Waals surface area (Å²) in [6.07, 6.45) is 6.19. The lowest BCUT2D eigenvalue weighted by Gasteiger charge is -2.10. The van der Waals surface area contributed by atoms with Crippen molar-refractivity contribution >= 4 is 15.7 Å². The van der Waals surface area contributed by atoms with Gasteiger partial charge < -0.3 is 4.98 Å². The fraction of sp³-hybridized carbons (Fsp3) is 0.167. The lowest BCUT2D eigenvalue weighted by molar-refractivity contribution is 0.601. The SMILES string of the molecule is O=c1[nH]ccn1-c1ccc(NS(=O)(=O)c2ccc3c(c2)CCC3)cc1. The van der Waals surface area contributed by atoms with Crippen molar-refractivity contribution in [2.75, 3.05) is 4.72 Å². The molecular weight excluding hydrogens is 338 g/mol. The molecule has 25 heavy (non-hydrogen) atoms. The van der Waals surface area contributed by atoms with Gasteiger partial charge in [0, 0.05) is 18.1 Å². The first-order valence-electron chi connectivity index (χ1n) is 8.04. The largest absolute Gasteiger partial charge is 0.330 e. The molecule has 1 heterocycles. The van der Waals surface area contributed by atoms with Gasteiger partial charge in [-0.1, -0.05) is 6.07 Å². The summed E-state index contributed by atoms with van der Waals surface area (Å²) in [6.45, 7) is 0. The highest BCUT2D eigenvalue weighted by Crippen LogP contribution is 2.26. The standard InChI is InChI=1S/C18H17N3O3S/c22-18-19-10-11-21(18)16-7-5-15(6-8-16)20-25(23,24)17-9-4-13-2-1-3-14(13)12-17/h4-12,20H,1-3H2,(H,19,22). The van der Waals surface area contributed by atoms with E-state index in [9.17, 15) is 13.2 Å². The Bertz CT molecular complexity index is 1080. The Hall–Kier alpha value is -2.80. The highest BCUT2D eigenvalue weighted by molar-refractivity contribution is 7.92. The molecule has 1 aliphatic rings. The van der Waals surface area contributed by atoms with Crippen molar-refractivity contribution in [2.24, 2.45) is 0 Å². The molecule has 0 atom stereocenters. The van der Waals surface area contributed by atoms with Gasteiger partial charge in [0.1, 0.15) is 0 Å². The topological polar surface area (TPSA) is 84.0 Å². The molecule has 0 aliphatic heterocycles. The number of rotatable bonds is 4. The Morgan fingerprint density at radius 3 is 2.48 bits per heavy atom. The normalized spacial score (nSPS) is 13.6. The monoisotopic (exact) mass is 355 g/mol. The Morgan fingerprint density at radius 2 is 1.76 bits per heavy atom. The smallest absolute Gasteiger partial charge is 0.312 e. The molecule has 0 amide bonds. The number of nitrogens with zero attached hydrogens (tertiary/aromatic N) is 1. The molecule has 128 valence electrons. The zero-order valence-electron chi connectivity index (χ0n) is 13.4. The van der Waals surface area contributed by atoms with Gasteiger partial charge in [-0.15, -0.1) is 0 Å². The fourth-order valence-electron chi connectivity index (χ4n) is 3.14.